The Balaban J connectivity index is 0.00000300. The molecule has 0 saturated heterocycles. The lowest BCUT2D eigenvalue weighted by molar-refractivity contribution is 0.0711. The summed E-state index contributed by atoms with van der Waals surface area (Å²) >= 11 is 1.55. The molecule has 0 bridgehead atoms. The molecule has 3 N–H and O–H groups in total. The number of aromatic nitrogens is 2. The van der Waals surface area contributed by atoms with E-state index >= 15 is 0 Å². The zero-order chi connectivity index (χ0) is 20.0. The van der Waals surface area contributed by atoms with Crippen molar-refractivity contribution in [1.29, 1.82) is 0 Å². The first-order valence-corrected chi connectivity index (χ1v) is 10.6. The third-order valence-corrected chi connectivity index (χ3v) is 5.76. The minimum atomic E-state index is -0.955. The number of halogens is 1. The zero-order valence-electron chi connectivity index (χ0n) is 17.2. The van der Waals surface area contributed by atoms with E-state index in [1.165, 1.54) is 5.52 Å². The number of fused-ring (bicyclic) bond motifs is 1. The molecule has 6 nitrogen and oxygen atoms in total. The monoisotopic (exact) mass is 527 g/mol. The lowest BCUT2D eigenvalue weighted by Gasteiger charge is -2.20. The largest absolute Gasteiger partial charge is 0.383 e. The standard InChI is InChI=1S/C21H29N5OS.HI/c1-4-22-20(24-15-21(3,27)19-11-7-14-28-19)23-12-8-13-26-16(2)25-17-9-5-6-10-18(17)26;/h5-7,9-11,14,27H,4,8,12-13,15H2,1-3H3,(H2,22,23,24);1H. The van der Waals surface area contributed by atoms with Gasteiger partial charge in [0.2, 0.25) is 0 Å². The predicted molar refractivity (Wildman–Crippen MR) is 132 cm³/mol. The van der Waals surface area contributed by atoms with Crippen LogP contribution in [-0.4, -0.2) is 40.3 Å². The molecule has 1 atom stereocenters. The number of aliphatic hydroxyl groups is 1. The van der Waals surface area contributed by atoms with Gasteiger partial charge < -0.3 is 20.3 Å². The number of hydrogen-bond donors (Lipinski definition) is 3. The molecule has 158 valence electrons. The van der Waals surface area contributed by atoms with E-state index in [1.807, 2.05) is 49.6 Å². The Bertz CT molecular complexity index is 920. The maximum absolute atomic E-state index is 10.7. The van der Waals surface area contributed by atoms with Gasteiger partial charge in [0, 0.05) is 24.5 Å². The van der Waals surface area contributed by atoms with Crippen molar-refractivity contribution in [2.45, 2.75) is 39.3 Å². The zero-order valence-corrected chi connectivity index (χ0v) is 20.3. The summed E-state index contributed by atoms with van der Waals surface area (Å²) in [6.07, 6.45) is 0.951. The molecule has 0 amide bonds. The van der Waals surface area contributed by atoms with Gasteiger partial charge in [-0.05, 0) is 50.8 Å². The van der Waals surface area contributed by atoms with Crippen molar-refractivity contribution < 1.29 is 5.11 Å². The molecule has 2 aromatic heterocycles. The molecular weight excluding hydrogens is 497 g/mol. The van der Waals surface area contributed by atoms with E-state index in [0.29, 0.717) is 6.54 Å². The quantitative estimate of drug-likeness (QED) is 0.180. The number of imidazole rings is 1. The lowest BCUT2D eigenvalue weighted by Crippen LogP contribution is -2.39. The van der Waals surface area contributed by atoms with Crippen molar-refractivity contribution in [3.05, 3.63) is 52.5 Å². The van der Waals surface area contributed by atoms with Crippen LogP contribution in [0.2, 0.25) is 0 Å². The van der Waals surface area contributed by atoms with Gasteiger partial charge in [-0.3, -0.25) is 0 Å². The van der Waals surface area contributed by atoms with E-state index in [1.54, 1.807) is 18.3 Å². The van der Waals surface area contributed by atoms with Crippen LogP contribution in [0.25, 0.3) is 11.0 Å². The summed E-state index contributed by atoms with van der Waals surface area (Å²) in [7, 11) is 0. The van der Waals surface area contributed by atoms with Gasteiger partial charge >= 0.3 is 0 Å². The second kappa shape index (κ2) is 10.9. The first kappa shape index (κ1) is 23.6. The third kappa shape index (κ3) is 6.16. The minimum Gasteiger partial charge on any atom is -0.383 e. The van der Waals surface area contributed by atoms with E-state index in [4.69, 9.17) is 0 Å². The molecule has 0 spiro atoms. The first-order chi connectivity index (χ1) is 13.5. The van der Waals surface area contributed by atoms with Gasteiger partial charge in [-0.1, -0.05) is 18.2 Å². The van der Waals surface area contributed by atoms with Crippen molar-refractivity contribution in [1.82, 2.24) is 20.2 Å². The molecule has 3 aromatic rings. The lowest BCUT2D eigenvalue weighted by atomic mass is 10.1. The highest BCUT2D eigenvalue weighted by Gasteiger charge is 2.23. The van der Waals surface area contributed by atoms with Gasteiger partial charge in [0.15, 0.2) is 5.96 Å². The highest BCUT2D eigenvalue weighted by Crippen LogP contribution is 2.25. The average Bonchev–Trinajstić information content (AvgIpc) is 3.32. The number of para-hydroxylation sites is 2. The van der Waals surface area contributed by atoms with Gasteiger partial charge in [-0.25, -0.2) is 9.98 Å². The van der Waals surface area contributed by atoms with Gasteiger partial charge in [-0.15, -0.1) is 35.3 Å². The smallest absolute Gasteiger partial charge is 0.191 e. The second-order valence-corrected chi connectivity index (χ2v) is 7.97. The summed E-state index contributed by atoms with van der Waals surface area (Å²) in [5.74, 6) is 1.76. The Kier molecular flexibility index (Phi) is 8.91. The fourth-order valence-electron chi connectivity index (χ4n) is 3.16. The summed E-state index contributed by atoms with van der Waals surface area (Å²) in [6, 6.07) is 12.1. The van der Waals surface area contributed by atoms with Crippen molar-refractivity contribution >= 4 is 52.3 Å². The Hall–Kier alpha value is -1.65. The summed E-state index contributed by atoms with van der Waals surface area (Å²) in [6.45, 7) is 8.66. The van der Waals surface area contributed by atoms with Crippen LogP contribution in [-0.2, 0) is 12.1 Å². The summed E-state index contributed by atoms with van der Waals surface area (Å²) in [4.78, 5) is 10.1. The van der Waals surface area contributed by atoms with Crippen LogP contribution < -0.4 is 10.6 Å². The van der Waals surface area contributed by atoms with Gasteiger partial charge in [0.1, 0.15) is 11.4 Å². The number of nitrogens with one attached hydrogen (secondary N) is 2. The fourth-order valence-corrected chi connectivity index (χ4v) is 3.94. The van der Waals surface area contributed by atoms with Gasteiger partial charge in [0.05, 0.1) is 17.6 Å². The van der Waals surface area contributed by atoms with Crippen LogP contribution in [0.4, 0.5) is 0 Å². The molecule has 0 aliphatic carbocycles. The number of hydrogen-bond acceptors (Lipinski definition) is 4. The number of aliphatic imine (C=N–C) groups is 1. The van der Waals surface area contributed by atoms with Crippen LogP contribution in [0.3, 0.4) is 0 Å². The molecule has 1 unspecified atom stereocenters. The van der Waals surface area contributed by atoms with E-state index in [0.717, 1.165) is 48.2 Å². The van der Waals surface area contributed by atoms with E-state index in [-0.39, 0.29) is 24.0 Å². The van der Waals surface area contributed by atoms with E-state index < -0.39 is 5.60 Å². The average molecular weight is 527 g/mol. The van der Waals surface area contributed by atoms with Crippen LogP contribution in [0.5, 0.6) is 0 Å². The second-order valence-electron chi connectivity index (χ2n) is 7.03. The number of aryl methyl sites for hydroxylation is 2. The maximum atomic E-state index is 10.7. The number of rotatable bonds is 8. The molecule has 2 heterocycles. The third-order valence-electron chi connectivity index (χ3n) is 4.64. The molecule has 29 heavy (non-hydrogen) atoms. The topological polar surface area (TPSA) is 74.5 Å². The van der Waals surface area contributed by atoms with Gasteiger partial charge in [0.25, 0.3) is 0 Å². The molecule has 0 saturated carbocycles. The highest BCUT2D eigenvalue weighted by atomic mass is 127. The number of thiophene rings is 1. The molecule has 8 heteroatoms. The Morgan fingerprint density at radius 3 is 2.76 bits per heavy atom. The molecule has 0 fully saturated rings. The van der Waals surface area contributed by atoms with Crippen LogP contribution in [0, 0.1) is 6.92 Å². The summed E-state index contributed by atoms with van der Waals surface area (Å²) in [5.41, 5.74) is 1.26. The highest BCUT2D eigenvalue weighted by molar-refractivity contribution is 14.0. The first-order valence-electron chi connectivity index (χ1n) is 9.71. The molecular formula is C21H30IN5OS. The normalized spacial score (nSPS) is 13.7. The van der Waals surface area contributed by atoms with Gasteiger partial charge in [-0.2, -0.15) is 0 Å². The summed E-state index contributed by atoms with van der Waals surface area (Å²) in [5, 5.41) is 19.2. The molecule has 3 rings (SSSR count). The van der Waals surface area contributed by atoms with Crippen LogP contribution in [0.1, 0.15) is 31.0 Å². The number of nitrogens with zero attached hydrogens (tertiary/aromatic N) is 3. The SMILES string of the molecule is CCNC(=NCC(C)(O)c1cccs1)NCCCn1c(C)nc2ccccc21.I. The van der Waals surface area contributed by atoms with Crippen molar-refractivity contribution in [2.75, 3.05) is 19.6 Å². The fraction of sp³-hybridized carbons (Fsp3) is 0.429. The summed E-state index contributed by atoms with van der Waals surface area (Å²) < 4.78 is 2.25. The predicted octanol–water partition coefficient (Wildman–Crippen LogP) is 3.88. The molecule has 0 aliphatic heterocycles. The minimum absolute atomic E-state index is 0. The number of guanidine groups is 1. The number of benzene rings is 1. The Morgan fingerprint density at radius 1 is 1.24 bits per heavy atom. The molecule has 0 aliphatic rings. The van der Waals surface area contributed by atoms with E-state index in [2.05, 4.69) is 31.2 Å². The molecule has 1 aromatic carbocycles. The molecule has 0 radical (unpaired) electrons. The maximum Gasteiger partial charge on any atom is 0.191 e. The van der Waals surface area contributed by atoms with Crippen LogP contribution in [0.15, 0.2) is 46.8 Å². The Morgan fingerprint density at radius 2 is 2.03 bits per heavy atom. The van der Waals surface area contributed by atoms with E-state index in [9.17, 15) is 5.11 Å². The van der Waals surface area contributed by atoms with Crippen LogP contribution >= 0.6 is 35.3 Å². The van der Waals surface area contributed by atoms with Crippen molar-refractivity contribution in [2.24, 2.45) is 4.99 Å². The van der Waals surface area contributed by atoms with Crippen molar-refractivity contribution in [3.8, 4) is 0 Å². The van der Waals surface area contributed by atoms with Crippen molar-refractivity contribution in [3.63, 3.8) is 0 Å². The Labute approximate surface area is 193 Å².